The molecule has 1 N–H and O–H groups in total. The molecule has 0 aliphatic carbocycles. The topological polar surface area (TPSA) is 21.3 Å². The average Bonchev–Trinajstić information content (AvgIpc) is 2.31. The van der Waals surface area contributed by atoms with Crippen molar-refractivity contribution in [3.8, 4) is 0 Å². The van der Waals surface area contributed by atoms with Gasteiger partial charge in [-0.1, -0.05) is 33.1 Å². The number of hydrogen-bond donors (Lipinski definition) is 1. The van der Waals surface area contributed by atoms with E-state index in [1.807, 2.05) is 0 Å². The number of piperidine rings is 1. The third-order valence-electron chi connectivity index (χ3n) is 3.53. The van der Waals surface area contributed by atoms with Crippen LogP contribution in [0.2, 0.25) is 0 Å². The van der Waals surface area contributed by atoms with Crippen LogP contribution in [0.3, 0.4) is 0 Å². The molecule has 0 spiro atoms. The second-order valence-electron chi connectivity index (χ2n) is 4.69. The van der Waals surface area contributed by atoms with Crippen LogP contribution in [0.15, 0.2) is 0 Å². The average molecular weight is 213 g/mol. The Balaban J connectivity index is 1.95. The standard InChI is InChI=1S/C13H27NO/c1-3-12(4-2)11-15-10-8-13-7-5-6-9-14-13/h12-14H,3-11H2,1-2H3. The fraction of sp³-hybridized carbons (Fsp3) is 1.00. The number of hydrogen-bond acceptors (Lipinski definition) is 2. The van der Waals surface area contributed by atoms with Crippen LogP contribution < -0.4 is 5.32 Å². The smallest absolute Gasteiger partial charge is 0.0494 e. The summed E-state index contributed by atoms with van der Waals surface area (Å²) in [5, 5.41) is 3.56. The van der Waals surface area contributed by atoms with Crippen LogP contribution in [0.4, 0.5) is 0 Å². The highest BCUT2D eigenvalue weighted by atomic mass is 16.5. The summed E-state index contributed by atoms with van der Waals surface area (Å²) in [6, 6.07) is 0.723. The molecule has 1 heterocycles. The lowest BCUT2D eigenvalue weighted by Crippen LogP contribution is -2.34. The molecule has 90 valence electrons. The molecule has 1 aliphatic heterocycles. The van der Waals surface area contributed by atoms with Crippen LogP contribution >= 0.6 is 0 Å². The Hall–Kier alpha value is -0.0800. The van der Waals surface area contributed by atoms with Crippen molar-refractivity contribution in [1.82, 2.24) is 5.32 Å². The van der Waals surface area contributed by atoms with Crippen LogP contribution in [0.5, 0.6) is 0 Å². The largest absolute Gasteiger partial charge is 0.381 e. The Morgan fingerprint density at radius 2 is 2.07 bits per heavy atom. The van der Waals surface area contributed by atoms with E-state index in [1.165, 1.54) is 45.1 Å². The highest BCUT2D eigenvalue weighted by Gasteiger charge is 2.12. The molecule has 15 heavy (non-hydrogen) atoms. The van der Waals surface area contributed by atoms with E-state index in [0.29, 0.717) is 0 Å². The molecule has 0 aromatic rings. The Morgan fingerprint density at radius 1 is 1.27 bits per heavy atom. The van der Waals surface area contributed by atoms with Crippen LogP contribution in [0, 0.1) is 5.92 Å². The summed E-state index contributed by atoms with van der Waals surface area (Å²) in [7, 11) is 0. The van der Waals surface area contributed by atoms with Crippen molar-refractivity contribution in [1.29, 1.82) is 0 Å². The van der Waals surface area contributed by atoms with Gasteiger partial charge in [0.05, 0.1) is 0 Å². The molecule has 1 unspecified atom stereocenters. The number of ether oxygens (including phenoxy) is 1. The van der Waals surface area contributed by atoms with Gasteiger partial charge in [-0.25, -0.2) is 0 Å². The summed E-state index contributed by atoms with van der Waals surface area (Å²) in [5.41, 5.74) is 0. The van der Waals surface area contributed by atoms with Gasteiger partial charge in [-0.05, 0) is 31.7 Å². The monoisotopic (exact) mass is 213 g/mol. The van der Waals surface area contributed by atoms with Crippen LogP contribution in [-0.2, 0) is 4.74 Å². The van der Waals surface area contributed by atoms with E-state index in [1.54, 1.807) is 0 Å². The number of rotatable bonds is 7. The molecule has 1 fully saturated rings. The SMILES string of the molecule is CCC(CC)COCCC1CCCCN1. The molecule has 0 radical (unpaired) electrons. The van der Waals surface area contributed by atoms with E-state index in [2.05, 4.69) is 19.2 Å². The van der Waals surface area contributed by atoms with E-state index in [9.17, 15) is 0 Å². The Kier molecular flexibility index (Phi) is 7.03. The zero-order valence-electron chi connectivity index (χ0n) is 10.4. The summed E-state index contributed by atoms with van der Waals surface area (Å²) in [4.78, 5) is 0. The summed E-state index contributed by atoms with van der Waals surface area (Å²) < 4.78 is 5.74. The molecule has 1 aliphatic rings. The van der Waals surface area contributed by atoms with Crippen molar-refractivity contribution in [2.24, 2.45) is 5.92 Å². The van der Waals surface area contributed by atoms with E-state index in [4.69, 9.17) is 4.74 Å². The predicted molar refractivity (Wildman–Crippen MR) is 65.1 cm³/mol. The summed E-state index contributed by atoms with van der Waals surface area (Å²) >= 11 is 0. The molecule has 1 saturated heterocycles. The first-order valence-electron chi connectivity index (χ1n) is 6.68. The van der Waals surface area contributed by atoms with Gasteiger partial charge in [0.15, 0.2) is 0 Å². The van der Waals surface area contributed by atoms with Gasteiger partial charge in [-0.2, -0.15) is 0 Å². The third kappa shape index (κ3) is 5.53. The molecule has 0 aromatic carbocycles. The lowest BCUT2D eigenvalue weighted by molar-refractivity contribution is 0.0870. The van der Waals surface area contributed by atoms with Crippen molar-refractivity contribution in [2.45, 2.75) is 58.4 Å². The molecule has 0 aromatic heterocycles. The molecule has 2 nitrogen and oxygen atoms in total. The maximum Gasteiger partial charge on any atom is 0.0494 e. The fourth-order valence-electron chi connectivity index (χ4n) is 2.17. The van der Waals surface area contributed by atoms with E-state index in [0.717, 1.165) is 25.2 Å². The fourth-order valence-corrected chi connectivity index (χ4v) is 2.17. The normalized spacial score (nSPS) is 22.2. The maximum atomic E-state index is 5.74. The van der Waals surface area contributed by atoms with E-state index >= 15 is 0 Å². The van der Waals surface area contributed by atoms with Gasteiger partial charge in [-0.15, -0.1) is 0 Å². The van der Waals surface area contributed by atoms with Crippen molar-refractivity contribution in [3.63, 3.8) is 0 Å². The highest BCUT2D eigenvalue weighted by molar-refractivity contribution is 4.71. The predicted octanol–water partition coefficient (Wildman–Crippen LogP) is 2.97. The molecule has 0 saturated carbocycles. The van der Waals surface area contributed by atoms with Gasteiger partial charge in [0.1, 0.15) is 0 Å². The van der Waals surface area contributed by atoms with Gasteiger partial charge < -0.3 is 10.1 Å². The van der Waals surface area contributed by atoms with Gasteiger partial charge in [0, 0.05) is 19.3 Å². The quantitative estimate of drug-likeness (QED) is 0.656. The summed E-state index contributed by atoms with van der Waals surface area (Å²) in [5.74, 6) is 0.768. The van der Waals surface area contributed by atoms with Gasteiger partial charge >= 0.3 is 0 Å². The first kappa shape index (κ1) is 13.0. The maximum absolute atomic E-state index is 5.74. The minimum absolute atomic E-state index is 0.723. The highest BCUT2D eigenvalue weighted by Crippen LogP contribution is 2.11. The lowest BCUT2D eigenvalue weighted by Gasteiger charge is -2.23. The third-order valence-corrected chi connectivity index (χ3v) is 3.53. The molecule has 0 bridgehead atoms. The lowest BCUT2D eigenvalue weighted by atomic mass is 10.0. The van der Waals surface area contributed by atoms with Crippen LogP contribution in [0.1, 0.15) is 52.4 Å². The molecule has 0 amide bonds. The number of nitrogens with one attached hydrogen (secondary N) is 1. The van der Waals surface area contributed by atoms with Crippen molar-refractivity contribution >= 4 is 0 Å². The second-order valence-corrected chi connectivity index (χ2v) is 4.69. The molecule has 1 atom stereocenters. The summed E-state index contributed by atoms with van der Waals surface area (Å²) in [6.07, 6.45) is 7.78. The Labute approximate surface area is 94.8 Å². The second kappa shape index (κ2) is 8.12. The minimum Gasteiger partial charge on any atom is -0.381 e. The zero-order chi connectivity index (χ0) is 10.9. The van der Waals surface area contributed by atoms with Crippen molar-refractivity contribution in [3.05, 3.63) is 0 Å². The molecular weight excluding hydrogens is 186 g/mol. The van der Waals surface area contributed by atoms with Crippen molar-refractivity contribution in [2.75, 3.05) is 19.8 Å². The van der Waals surface area contributed by atoms with E-state index < -0.39 is 0 Å². The molecule has 2 heteroatoms. The van der Waals surface area contributed by atoms with Gasteiger partial charge in [-0.3, -0.25) is 0 Å². The Bertz CT molecular complexity index is 139. The first-order chi connectivity index (χ1) is 7.36. The molecule has 1 rings (SSSR count). The Morgan fingerprint density at radius 3 is 2.67 bits per heavy atom. The zero-order valence-corrected chi connectivity index (χ0v) is 10.4. The summed E-state index contributed by atoms with van der Waals surface area (Å²) in [6.45, 7) is 7.60. The van der Waals surface area contributed by atoms with Gasteiger partial charge in [0.2, 0.25) is 0 Å². The van der Waals surface area contributed by atoms with E-state index in [-0.39, 0.29) is 0 Å². The molecular formula is C13H27NO. The van der Waals surface area contributed by atoms with Crippen LogP contribution in [0.25, 0.3) is 0 Å². The van der Waals surface area contributed by atoms with Crippen LogP contribution in [-0.4, -0.2) is 25.8 Å². The minimum atomic E-state index is 0.723. The first-order valence-corrected chi connectivity index (χ1v) is 6.68. The van der Waals surface area contributed by atoms with Gasteiger partial charge in [0.25, 0.3) is 0 Å². The van der Waals surface area contributed by atoms with Crippen molar-refractivity contribution < 1.29 is 4.74 Å².